The highest BCUT2D eigenvalue weighted by Crippen LogP contribution is 2.11. The summed E-state index contributed by atoms with van der Waals surface area (Å²) in [5.74, 6) is 0.219. The molecular weight excluding hydrogens is 242 g/mol. The number of hydrogen-bond acceptors (Lipinski definition) is 4. The molecule has 1 amide bonds. The van der Waals surface area contributed by atoms with E-state index >= 15 is 0 Å². The molecule has 0 aromatic carbocycles. The molecule has 0 aromatic rings. The van der Waals surface area contributed by atoms with E-state index in [0.717, 1.165) is 52.0 Å². The number of amides is 1. The van der Waals surface area contributed by atoms with Gasteiger partial charge in [0.15, 0.2) is 0 Å². The summed E-state index contributed by atoms with van der Waals surface area (Å²) in [6.07, 6.45) is 3.21. The van der Waals surface area contributed by atoms with E-state index in [0.29, 0.717) is 6.04 Å². The van der Waals surface area contributed by atoms with Gasteiger partial charge >= 0.3 is 0 Å². The van der Waals surface area contributed by atoms with Crippen LogP contribution in [0.1, 0.15) is 26.2 Å². The zero-order valence-electron chi connectivity index (χ0n) is 12.6. The van der Waals surface area contributed by atoms with Gasteiger partial charge in [0.05, 0.1) is 0 Å². The lowest BCUT2D eigenvalue weighted by Crippen LogP contribution is -2.47. The zero-order chi connectivity index (χ0) is 14.1. The number of hydrogen-bond donors (Lipinski definition) is 2. The summed E-state index contributed by atoms with van der Waals surface area (Å²) in [5.41, 5.74) is 0. The molecule has 5 nitrogen and oxygen atoms in total. The molecule has 112 valence electrons. The minimum absolute atomic E-state index is 0.0460. The number of carbonyl (C=O) groups is 1. The Labute approximate surface area is 117 Å². The van der Waals surface area contributed by atoms with Crippen LogP contribution in [-0.2, 0) is 9.53 Å². The number of nitrogens with one attached hydrogen (secondary N) is 2. The number of likely N-dealkylation sites (tertiary alicyclic amines) is 1. The fourth-order valence-electron chi connectivity index (χ4n) is 2.48. The van der Waals surface area contributed by atoms with Crippen LogP contribution in [0.5, 0.6) is 0 Å². The second kappa shape index (κ2) is 9.28. The first-order valence-electron chi connectivity index (χ1n) is 7.33. The molecule has 0 radical (unpaired) electrons. The normalized spacial score (nSPS) is 19.3. The minimum atomic E-state index is 0.0460. The van der Waals surface area contributed by atoms with Gasteiger partial charge in [-0.2, -0.15) is 0 Å². The van der Waals surface area contributed by atoms with E-state index in [-0.39, 0.29) is 11.8 Å². The molecule has 1 aliphatic rings. The Hall–Kier alpha value is -0.650. The Morgan fingerprint density at radius 2 is 2.11 bits per heavy atom. The Balaban J connectivity index is 2.17. The largest absolute Gasteiger partial charge is 0.385 e. The van der Waals surface area contributed by atoms with Crippen molar-refractivity contribution < 1.29 is 9.53 Å². The maximum absolute atomic E-state index is 11.9. The molecule has 1 rings (SSSR count). The van der Waals surface area contributed by atoms with E-state index < -0.39 is 0 Å². The van der Waals surface area contributed by atoms with Crippen molar-refractivity contribution in [2.24, 2.45) is 5.92 Å². The fourth-order valence-corrected chi connectivity index (χ4v) is 2.48. The molecule has 19 heavy (non-hydrogen) atoms. The van der Waals surface area contributed by atoms with Crippen molar-refractivity contribution in [1.29, 1.82) is 0 Å². The monoisotopic (exact) mass is 271 g/mol. The molecule has 1 fully saturated rings. The Kier molecular flexibility index (Phi) is 8.02. The Morgan fingerprint density at radius 1 is 1.42 bits per heavy atom. The van der Waals surface area contributed by atoms with Gasteiger partial charge in [-0.15, -0.1) is 0 Å². The predicted molar refractivity (Wildman–Crippen MR) is 77.2 cm³/mol. The van der Waals surface area contributed by atoms with E-state index in [2.05, 4.69) is 15.5 Å². The van der Waals surface area contributed by atoms with Crippen molar-refractivity contribution in [2.75, 3.05) is 46.9 Å². The number of ether oxygens (including phenoxy) is 1. The van der Waals surface area contributed by atoms with Gasteiger partial charge in [-0.25, -0.2) is 0 Å². The molecule has 1 atom stereocenters. The molecule has 0 aliphatic carbocycles. The van der Waals surface area contributed by atoms with E-state index in [1.54, 1.807) is 7.11 Å². The van der Waals surface area contributed by atoms with E-state index in [1.165, 1.54) is 0 Å². The highest BCUT2D eigenvalue weighted by Gasteiger charge is 2.22. The molecule has 0 bridgehead atoms. The first-order chi connectivity index (χ1) is 9.17. The second-order valence-corrected chi connectivity index (χ2v) is 5.43. The van der Waals surface area contributed by atoms with Crippen molar-refractivity contribution >= 4 is 5.91 Å². The van der Waals surface area contributed by atoms with E-state index in [9.17, 15) is 4.79 Å². The smallest absolute Gasteiger partial charge is 0.224 e. The quantitative estimate of drug-likeness (QED) is 0.630. The number of carbonyl (C=O) groups excluding carboxylic acids is 1. The molecule has 1 saturated heterocycles. The fraction of sp³-hybridized carbons (Fsp3) is 0.929. The van der Waals surface area contributed by atoms with Crippen LogP contribution in [0.2, 0.25) is 0 Å². The summed E-state index contributed by atoms with van der Waals surface area (Å²) >= 11 is 0. The minimum Gasteiger partial charge on any atom is -0.385 e. The summed E-state index contributed by atoms with van der Waals surface area (Å²) in [5, 5.41) is 6.20. The van der Waals surface area contributed by atoms with Crippen molar-refractivity contribution in [1.82, 2.24) is 15.5 Å². The SMILES string of the molecule is CNCC(C)C(=O)NC1CCN(CCCOC)CC1. The summed E-state index contributed by atoms with van der Waals surface area (Å²) in [4.78, 5) is 14.4. The van der Waals surface area contributed by atoms with Gasteiger partial charge in [-0.1, -0.05) is 6.92 Å². The third-order valence-electron chi connectivity index (χ3n) is 3.71. The summed E-state index contributed by atoms with van der Waals surface area (Å²) in [6, 6.07) is 0.352. The number of rotatable bonds is 8. The number of piperidine rings is 1. The predicted octanol–water partition coefficient (Wildman–Crippen LogP) is 0.459. The Bertz CT molecular complexity index is 253. The van der Waals surface area contributed by atoms with E-state index in [4.69, 9.17) is 4.74 Å². The van der Waals surface area contributed by atoms with Crippen molar-refractivity contribution in [2.45, 2.75) is 32.2 Å². The van der Waals surface area contributed by atoms with Crippen LogP contribution in [0.4, 0.5) is 0 Å². The molecule has 1 heterocycles. The second-order valence-electron chi connectivity index (χ2n) is 5.43. The van der Waals surface area contributed by atoms with Gasteiger partial charge in [0, 0.05) is 51.9 Å². The lowest BCUT2D eigenvalue weighted by atomic mass is 10.0. The average Bonchev–Trinajstić information content (AvgIpc) is 2.41. The third-order valence-corrected chi connectivity index (χ3v) is 3.71. The highest BCUT2D eigenvalue weighted by molar-refractivity contribution is 5.78. The van der Waals surface area contributed by atoms with Gasteiger partial charge in [0.2, 0.25) is 5.91 Å². The summed E-state index contributed by atoms with van der Waals surface area (Å²) in [6.45, 7) is 6.79. The van der Waals surface area contributed by atoms with Gasteiger partial charge in [-0.05, 0) is 26.3 Å². The van der Waals surface area contributed by atoms with Gasteiger partial charge < -0.3 is 20.3 Å². The van der Waals surface area contributed by atoms with Crippen molar-refractivity contribution in [3.63, 3.8) is 0 Å². The van der Waals surface area contributed by atoms with Crippen LogP contribution in [0.15, 0.2) is 0 Å². The van der Waals surface area contributed by atoms with Crippen LogP contribution >= 0.6 is 0 Å². The molecule has 0 saturated carbocycles. The first-order valence-corrected chi connectivity index (χ1v) is 7.33. The molecule has 1 unspecified atom stereocenters. The maximum atomic E-state index is 11.9. The zero-order valence-corrected chi connectivity index (χ0v) is 12.6. The number of nitrogens with zero attached hydrogens (tertiary/aromatic N) is 1. The molecule has 0 aromatic heterocycles. The van der Waals surface area contributed by atoms with Gasteiger partial charge in [0.1, 0.15) is 0 Å². The van der Waals surface area contributed by atoms with Crippen LogP contribution in [0.25, 0.3) is 0 Å². The highest BCUT2D eigenvalue weighted by atomic mass is 16.5. The third kappa shape index (κ3) is 6.36. The molecule has 2 N–H and O–H groups in total. The summed E-state index contributed by atoms with van der Waals surface area (Å²) in [7, 11) is 3.62. The van der Waals surface area contributed by atoms with Gasteiger partial charge in [0.25, 0.3) is 0 Å². The van der Waals surface area contributed by atoms with E-state index in [1.807, 2.05) is 14.0 Å². The summed E-state index contributed by atoms with van der Waals surface area (Å²) < 4.78 is 5.07. The lowest BCUT2D eigenvalue weighted by Gasteiger charge is -2.32. The van der Waals surface area contributed by atoms with Crippen molar-refractivity contribution in [3.05, 3.63) is 0 Å². The topological polar surface area (TPSA) is 53.6 Å². The van der Waals surface area contributed by atoms with Crippen LogP contribution < -0.4 is 10.6 Å². The van der Waals surface area contributed by atoms with Crippen LogP contribution in [-0.4, -0.2) is 63.8 Å². The Morgan fingerprint density at radius 3 is 2.68 bits per heavy atom. The van der Waals surface area contributed by atoms with Crippen molar-refractivity contribution in [3.8, 4) is 0 Å². The van der Waals surface area contributed by atoms with Crippen LogP contribution in [0, 0.1) is 5.92 Å². The first kappa shape index (κ1) is 16.4. The molecule has 5 heteroatoms. The maximum Gasteiger partial charge on any atom is 0.224 e. The van der Waals surface area contributed by atoms with Gasteiger partial charge in [-0.3, -0.25) is 4.79 Å². The average molecular weight is 271 g/mol. The molecule has 0 spiro atoms. The number of methoxy groups -OCH3 is 1. The standard InChI is InChI=1S/C14H29N3O2/c1-12(11-15-2)14(18)16-13-5-8-17(9-6-13)7-4-10-19-3/h12-13,15H,4-11H2,1-3H3,(H,16,18). The molecule has 1 aliphatic heterocycles. The molecular formula is C14H29N3O2. The lowest BCUT2D eigenvalue weighted by molar-refractivity contribution is -0.125. The van der Waals surface area contributed by atoms with Crippen LogP contribution in [0.3, 0.4) is 0 Å².